The van der Waals surface area contributed by atoms with E-state index in [1.165, 1.54) is 216 Å². The molecule has 0 aromatic rings. The summed E-state index contributed by atoms with van der Waals surface area (Å²) >= 11 is 4.42. The first-order valence-electron chi connectivity index (χ1n) is 18.6. The van der Waals surface area contributed by atoms with Gasteiger partial charge >= 0.3 is 0 Å². The lowest BCUT2D eigenvalue weighted by molar-refractivity contribution is 0.315. The molecule has 0 rings (SSSR count). The maximum atomic E-state index is 2.58. The zero-order valence-corrected chi connectivity index (χ0v) is 29.9. The van der Waals surface area contributed by atoms with Gasteiger partial charge in [0.1, 0.15) is 0 Å². The van der Waals surface area contributed by atoms with Gasteiger partial charge in [-0.1, -0.05) is 155 Å². The molecule has 0 atom stereocenters. The molecule has 242 valence electrons. The van der Waals surface area contributed by atoms with Crippen LogP contribution in [-0.2, 0) is 0 Å². The summed E-state index contributed by atoms with van der Waals surface area (Å²) in [6.45, 7) is 7.22. The Labute approximate surface area is 264 Å². The highest BCUT2D eigenvalue weighted by Crippen LogP contribution is 2.15. The third kappa shape index (κ3) is 36.7. The number of thioether (sulfide) groups is 2. The van der Waals surface area contributed by atoms with Gasteiger partial charge in [0.25, 0.3) is 0 Å². The second-order valence-electron chi connectivity index (χ2n) is 12.7. The van der Waals surface area contributed by atoms with Crippen LogP contribution in [0.3, 0.4) is 0 Å². The van der Waals surface area contributed by atoms with Crippen LogP contribution in [0.25, 0.3) is 0 Å². The van der Waals surface area contributed by atoms with Crippen LogP contribution in [0, 0.1) is 0 Å². The summed E-state index contributed by atoms with van der Waals surface area (Å²) in [4.78, 5) is 2.58. The van der Waals surface area contributed by atoms with E-state index in [4.69, 9.17) is 0 Å². The van der Waals surface area contributed by atoms with Gasteiger partial charge in [-0.25, -0.2) is 0 Å². The molecule has 0 radical (unpaired) electrons. The summed E-state index contributed by atoms with van der Waals surface area (Å²) in [5.41, 5.74) is 0. The van der Waals surface area contributed by atoms with Gasteiger partial charge in [0.15, 0.2) is 0 Å². The molecular formula is C37H77NS2. The first-order valence-corrected chi connectivity index (χ1v) is 21.0. The molecule has 3 heteroatoms. The zero-order chi connectivity index (χ0) is 29.0. The van der Waals surface area contributed by atoms with E-state index in [2.05, 4.69) is 49.3 Å². The molecule has 0 bridgehead atoms. The van der Waals surface area contributed by atoms with Gasteiger partial charge < -0.3 is 4.90 Å². The maximum Gasteiger partial charge on any atom is -0.00218 e. The van der Waals surface area contributed by atoms with Crippen LogP contribution < -0.4 is 0 Å². The van der Waals surface area contributed by atoms with E-state index in [0.29, 0.717) is 0 Å². The van der Waals surface area contributed by atoms with Crippen LogP contribution in [0.2, 0.25) is 0 Å². The van der Waals surface area contributed by atoms with Crippen LogP contribution in [0.1, 0.15) is 194 Å². The molecule has 0 saturated heterocycles. The van der Waals surface area contributed by atoms with E-state index in [9.17, 15) is 0 Å². The quantitative estimate of drug-likeness (QED) is 0.0659. The van der Waals surface area contributed by atoms with Crippen molar-refractivity contribution in [1.29, 1.82) is 0 Å². The SMILES string of the molecule is CCCCCCCCCCCCSCCCCCCN(C)CCCCCCSCCCCCCCCCCCC. The lowest BCUT2D eigenvalue weighted by Crippen LogP contribution is -2.20. The molecule has 0 unspecified atom stereocenters. The molecule has 40 heavy (non-hydrogen) atoms. The monoisotopic (exact) mass is 600 g/mol. The fraction of sp³-hybridized carbons (Fsp3) is 1.00. The Morgan fingerprint density at radius 3 is 0.800 bits per heavy atom. The zero-order valence-electron chi connectivity index (χ0n) is 28.3. The summed E-state index contributed by atoms with van der Waals surface area (Å²) in [6, 6.07) is 0. The number of rotatable bonds is 36. The molecule has 1 nitrogen and oxygen atoms in total. The Morgan fingerprint density at radius 2 is 0.525 bits per heavy atom. The van der Waals surface area contributed by atoms with Crippen LogP contribution in [-0.4, -0.2) is 48.0 Å². The van der Waals surface area contributed by atoms with Crippen LogP contribution in [0.5, 0.6) is 0 Å². The van der Waals surface area contributed by atoms with Crippen LogP contribution in [0.4, 0.5) is 0 Å². The predicted octanol–water partition coefficient (Wildman–Crippen LogP) is 13.3. The second kappa shape index (κ2) is 37.7. The van der Waals surface area contributed by atoms with Crippen molar-refractivity contribution in [1.82, 2.24) is 4.90 Å². The van der Waals surface area contributed by atoms with E-state index in [0.717, 1.165) is 0 Å². The average Bonchev–Trinajstić information content (AvgIpc) is 2.96. The predicted molar refractivity (Wildman–Crippen MR) is 193 cm³/mol. The number of hydrogen-bond acceptors (Lipinski definition) is 3. The smallest absolute Gasteiger partial charge is 0.00218 e. The van der Waals surface area contributed by atoms with Gasteiger partial charge in [-0.2, -0.15) is 23.5 Å². The standard InChI is InChI=1S/C37H77NS2/c1-4-6-8-10-12-14-16-18-22-28-34-39-36-30-24-20-26-32-38(3)33-27-21-25-31-37-40-35-29-23-19-17-15-13-11-9-7-5-2/h4-37H2,1-3H3. The number of hydrogen-bond donors (Lipinski definition) is 0. The summed E-state index contributed by atoms with van der Waals surface area (Å²) < 4.78 is 0. The Kier molecular flexibility index (Phi) is 38.3. The van der Waals surface area contributed by atoms with E-state index in [-0.39, 0.29) is 0 Å². The molecule has 0 aromatic carbocycles. The molecule has 0 aliphatic heterocycles. The Morgan fingerprint density at radius 1 is 0.300 bits per heavy atom. The van der Waals surface area contributed by atoms with Crippen molar-refractivity contribution < 1.29 is 0 Å². The van der Waals surface area contributed by atoms with Crippen molar-refractivity contribution >= 4 is 23.5 Å². The van der Waals surface area contributed by atoms with Crippen molar-refractivity contribution in [2.45, 2.75) is 194 Å². The first-order chi connectivity index (χ1) is 19.8. The third-order valence-electron chi connectivity index (χ3n) is 8.44. The van der Waals surface area contributed by atoms with Crippen molar-refractivity contribution in [3.8, 4) is 0 Å². The summed E-state index contributed by atoms with van der Waals surface area (Å²) in [5.74, 6) is 5.59. The van der Waals surface area contributed by atoms with E-state index >= 15 is 0 Å². The topological polar surface area (TPSA) is 3.24 Å². The lowest BCUT2D eigenvalue weighted by Gasteiger charge is -2.16. The van der Waals surface area contributed by atoms with Crippen LogP contribution >= 0.6 is 23.5 Å². The van der Waals surface area contributed by atoms with Crippen molar-refractivity contribution in [2.24, 2.45) is 0 Å². The molecule has 0 aliphatic carbocycles. The van der Waals surface area contributed by atoms with Gasteiger partial charge in [0.2, 0.25) is 0 Å². The largest absolute Gasteiger partial charge is 0.306 e. The van der Waals surface area contributed by atoms with Crippen molar-refractivity contribution in [2.75, 3.05) is 43.1 Å². The highest BCUT2D eigenvalue weighted by Gasteiger charge is 2.00. The summed E-state index contributed by atoms with van der Waals surface area (Å²) in [6.07, 6.45) is 40.5. The van der Waals surface area contributed by atoms with E-state index in [1.807, 2.05) is 0 Å². The molecule has 0 N–H and O–H groups in total. The molecule has 0 aliphatic rings. The van der Waals surface area contributed by atoms with Gasteiger partial charge in [0, 0.05) is 0 Å². The number of unbranched alkanes of at least 4 members (excludes halogenated alkanes) is 24. The van der Waals surface area contributed by atoms with E-state index < -0.39 is 0 Å². The maximum absolute atomic E-state index is 2.58. The highest BCUT2D eigenvalue weighted by atomic mass is 32.2. The summed E-state index contributed by atoms with van der Waals surface area (Å²) in [5, 5.41) is 0. The third-order valence-corrected chi connectivity index (χ3v) is 10.8. The van der Waals surface area contributed by atoms with Crippen molar-refractivity contribution in [3.63, 3.8) is 0 Å². The molecule has 0 heterocycles. The molecule has 0 saturated carbocycles. The molecule has 0 fully saturated rings. The average molecular weight is 600 g/mol. The molecule has 0 amide bonds. The van der Waals surface area contributed by atoms with E-state index in [1.54, 1.807) is 0 Å². The Balaban J connectivity index is 3.13. The fourth-order valence-corrected chi connectivity index (χ4v) is 7.62. The minimum atomic E-state index is 1.31. The van der Waals surface area contributed by atoms with Gasteiger partial charge in [-0.05, 0) is 81.7 Å². The minimum absolute atomic E-state index is 1.31. The molecule has 0 spiro atoms. The summed E-state index contributed by atoms with van der Waals surface area (Å²) in [7, 11) is 2.34. The van der Waals surface area contributed by atoms with Crippen LogP contribution in [0.15, 0.2) is 0 Å². The normalized spacial score (nSPS) is 11.7. The molecule has 0 aromatic heterocycles. The number of nitrogens with zero attached hydrogens (tertiary/aromatic N) is 1. The van der Waals surface area contributed by atoms with Gasteiger partial charge in [-0.3, -0.25) is 0 Å². The highest BCUT2D eigenvalue weighted by molar-refractivity contribution is 7.99. The fourth-order valence-electron chi connectivity index (χ4n) is 5.58. The Bertz CT molecular complexity index is 392. The molecular weight excluding hydrogens is 523 g/mol. The Hall–Kier alpha value is 0.660. The minimum Gasteiger partial charge on any atom is -0.306 e. The lowest BCUT2D eigenvalue weighted by atomic mass is 10.1. The second-order valence-corrected chi connectivity index (χ2v) is 15.2. The van der Waals surface area contributed by atoms with Gasteiger partial charge in [-0.15, -0.1) is 0 Å². The first kappa shape index (κ1) is 40.7. The van der Waals surface area contributed by atoms with Gasteiger partial charge in [0.05, 0.1) is 0 Å². The van der Waals surface area contributed by atoms with Crippen molar-refractivity contribution in [3.05, 3.63) is 0 Å².